The second-order valence-electron chi connectivity index (χ2n) is 12.3. The van der Waals surface area contributed by atoms with Gasteiger partial charge in [0.25, 0.3) is 5.91 Å². The molecule has 2 aromatic rings. The van der Waals surface area contributed by atoms with E-state index in [-0.39, 0.29) is 30.8 Å². The number of piperidine rings is 1. The number of carbonyl (C=O) groups excluding carboxylic acids is 1. The molecular weight excluding hydrogens is 577 g/mol. The minimum absolute atomic E-state index is 0.00176. The number of nitrogens with one attached hydrogen (secondary N) is 1. The molecule has 0 radical (unpaired) electrons. The summed E-state index contributed by atoms with van der Waals surface area (Å²) < 4.78 is 48.1. The standard InChI is InChI=1S/C32H45F3N4O3S/c33-32(34,35)13-10-24-6-8-26(9-7-24)29-36-30(41)31(37-29)14-17-39(18-15-31)43-23-12-25-4-3-5-28-27(25)11-16-38(28)19-22-42-21-2-1-20-40/h3-5,11,16,24,26,40H,1-2,6-10,12-15,17-23H2,(H,36,37,41). The van der Waals surface area contributed by atoms with Crippen LogP contribution >= 0.6 is 11.9 Å². The third-order valence-electron chi connectivity index (χ3n) is 9.34. The number of nitrogens with zero attached hydrogens (tertiary/aromatic N) is 3. The van der Waals surface area contributed by atoms with Crippen LogP contribution in [0.4, 0.5) is 13.2 Å². The molecule has 1 aliphatic carbocycles. The molecule has 1 aromatic heterocycles. The van der Waals surface area contributed by atoms with Crippen LogP contribution in [-0.4, -0.2) is 76.1 Å². The number of aliphatic hydroxyl groups excluding tert-OH is 1. The molecule has 0 unspecified atom stereocenters. The maximum Gasteiger partial charge on any atom is 0.389 e. The lowest BCUT2D eigenvalue weighted by molar-refractivity contribution is -0.138. The molecule has 11 heteroatoms. The van der Waals surface area contributed by atoms with E-state index in [0.717, 1.165) is 76.2 Å². The zero-order chi connectivity index (χ0) is 30.3. The summed E-state index contributed by atoms with van der Waals surface area (Å²) in [4.78, 5) is 18.0. The van der Waals surface area contributed by atoms with Crippen LogP contribution in [0.3, 0.4) is 0 Å². The Morgan fingerprint density at radius 2 is 1.88 bits per heavy atom. The van der Waals surface area contributed by atoms with Crippen molar-refractivity contribution in [2.75, 3.05) is 38.7 Å². The average Bonchev–Trinajstić information content (AvgIpc) is 3.56. The first-order chi connectivity index (χ1) is 20.8. The van der Waals surface area contributed by atoms with E-state index < -0.39 is 18.1 Å². The summed E-state index contributed by atoms with van der Waals surface area (Å²) in [5.41, 5.74) is 1.87. The molecule has 1 spiro atoms. The second-order valence-corrected chi connectivity index (χ2v) is 13.5. The summed E-state index contributed by atoms with van der Waals surface area (Å²) in [5.74, 6) is 2.00. The summed E-state index contributed by atoms with van der Waals surface area (Å²) >= 11 is 1.84. The van der Waals surface area contributed by atoms with Crippen molar-refractivity contribution in [2.24, 2.45) is 16.8 Å². The smallest absolute Gasteiger partial charge is 0.389 e. The summed E-state index contributed by atoms with van der Waals surface area (Å²) in [6.45, 7) is 3.95. The summed E-state index contributed by atoms with van der Waals surface area (Å²) in [7, 11) is 0. The van der Waals surface area contributed by atoms with Gasteiger partial charge in [-0.1, -0.05) is 24.1 Å². The van der Waals surface area contributed by atoms with E-state index in [1.54, 1.807) is 0 Å². The van der Waals surface area contributed by atoms with Gasteiger partial charge in [0.2, 0.25) is 0 Å². The van der Waals surface area contributed by atoms with Crippen LogP contribution in [0.15, 0.2) is 35.5 Å². The van der Waals surface area contributed by atoms with Crippen LogP contribution in [0.2, 0.25) is 0 Å². The van der Waals surface area contributed by atoms with Crippen molar-refractivity contribution in [1.82, 2.24) is 14.2 Å². The number of aromatic nitrogens is 1. The van der Waals surface area contributed by atoms with Crippen molar-refractivity contribution < 1.29 is 27.8 Å². The van der Waals surface area contributed by atoms with E-state index in [9.17, 15) is 18.0 Å². The van der Waals surface area contributed by atoms with Gasteiger partial charge in [0.15, 0.2) is 0 Å². The maximum atomic E-state index is 13.0. The maximum absolute atomic E-state index is 13.0. The Labute approximate surface area is 256 Å². The topological polar surface area (TPSA) is 79.1 Å². The summed E-state index contributed by atoms with van der Waals surface area (Å²) in [6.07, 6.45) is 4.68. The number of unbranched alkanes of at least 4 members (excludes halogenated alkanes) is 1. The first-order valence-corrected chi connectivity index (χ1v) is 16.8. The molecule has 2 aliphatic heterocycles. The van der Waals surface area contributed by atoms with Gasteiger partial charge >= 0.3 is 6.18 Å². The number of carbonyl (C=O) groups is 1. The minimum Gasteiger partial charge on any atom is -0.396 e. The molecule has 0 bridgehead atoms. The third-order valence-corrected chi connectivity index (χ3v) is 10.5. The largest absolute Gasteiger partial charge is 0.396 e. The average molecular weight is 623 g/mol. The van der Waals surface area contributed by atoms with Gasteiger partial charge in [-0.15, -0.1) is 0 Å². The van der Waals surface area contributed by atoms with Crippen molar-refractivity contribution in [3.05, 3.63) is 36.0 Å². The molecule has 7 nitrogen and oxygen atoms in total. The van der Waals surface area contributed by atoms with E-state index in [2.05, 4.69) is 44.7 Å². The Morgan fingerprint density at radius 1 is 1.09 bits per heavy atom. The number of benzene rings is 1. The number of aliphatic hydroxyl groups is 1. The van der Waals surface area contributed by atoms with Crippen LogP contribution in [0, 0.1) is 11.8 Å². The first-order valence-electron chi connectivity index (χ1n) is 15.9. The van der Waals surface area contributed by atoms with E-state index in [4.69, 9.17) is 14.8 Å². The van der Waals surface area contributed by atoms with Crippen molar-refractivity contribution in [3.8, 4) is 0 Å². The van der Waals surface area contributed by atoms with Crippen molar-refractivity contribution in [2.45, 2.75) is 88.9 Å². The van der Waals surface area contributed by atoms with Gasteiger partial charge in [0, 0.05) is 68.0 Å². The number of aliphatic imine (C=N–C) groups is 1. The molecule has 1 saturated heterocycles. The van der Waals surface area contributed by atoms with Crippen molar-refractivity contribution >= 4 is 34.6 Å². The van der Waals surface area contributed by atoms with Gasteiger partial charge in [-0.2, -0.15) is 13.2 Å². The van der Waals surface area contributed by atoms with Gasteiger partial charge in [0.1, 0.15) is 11.4 Å². The number of aryl methyl sites for hydroxylation is 1. The van der Waals surface area contributed by atoms with Crippen LogP contribution in [-0.2, 0) is 22.5 Å². The number of fused-ring (bicyclic) bond motifs is 1. The van der Waals surface area contributed by atoms with E-state index in [0.29, 0.717) is 26.1 Å². The number of ether oxygens (including phenoxy) is 1. The van der Waals surface area contributed by atoms with E-state index in [1.165, 1.54) is 16.5 Å². The molecule has 1 aromatic carbocycles. The number of halogens is 3. The highest BCUT2D eigenvalue weighted by atomic mass is 32.2. The normalized spacial score (nSPS) is 22.8. The van der Waals surface area contributed by atoms with E-state index >= 15 is 0 Å². The summed E-state index contributed by atoms with van der Waals surface area (Å²) in [5, 5.41) is 13.2. The molecule has 3 heterocycles. The molecule has 0 atom stereocenters. The molecule has 43 heavy (non-hydrogen) atoms. The number of amides is 1. The lowest BCUT2D eigenvalue weighted by atomic mass is 9.79. The number of hydrogen-bond donors (Lipinski definition) is 2. The Kier molecular flexibility index (Phi) is 11.1. The van der Waals surface area contributed by atoms with Crippen molar-refractivity contribution in [1.29, 1.82) is 0 Å². The Balaban J connectivity index is 1.05. The zero-order valence-corrected chi connectivity index (χ0v) is 25.7. The molecule has 238 valence electrons. The highest BCUT2D eigenvalue weighted by Gasteiger charge is 2.47. The predicted octanol–water partition coefficient (Wildman–Crippen LogP) is 6.13. The SMILES string of the molecule is O=C1NC(C2CCC(CCC(F)(F)F)CC2)=NC12CCN(SCCc1cccc3c1ccn3CCOCCCCO)CC2. The third kappa shape index (κ3) is 8.55. The Hall–Kier alpha value is -2.08. The number of amidine groups is 1. The zero-order valence-electron chi connectivity index (χ0n) is 24.9. The Morgan fingerprint density at radius 3 is 2.63 bits per heavy atom. The lowest BCUT2D eigenvalue weighted by Crippen LogP contribution is -2.47. The van der Waals surface area contributed by atoms with Crippen LogP contribution in [0.1, 0.15) is 69.8 Å². The van der Waals surface area contributed by atoms with Crippen LogP contribution in [0.25, 0.3) is 10.9 Å². The first kappa shape index (κ1) is 32.3. The highest BCUT2D eigenvalue weighted by molar-refractivity contribution is 7.97. The highest BCUT2D eigenvalue weighted by Crippen LogP contribution is 2.38. The van der Waals surface area contributed by atoms with Gasteiger partial charge in [-0.25, -0.2) is 0 Å². The lowest BCUT2D eigenvalue weighted by Gasteiger charge is -2.34. The van der Waals surface area contributed by atoms with Gasteiger partial charge in [-0.05, 0) is 87.8 Å². The van der Waals surface area contributed by atoms with Crippen molar-refractivity contribution in [3.63, 3.8) is 0 Å². The molecule has 2 fully saturated rings. The fourth-order valence-electron chi connectivity index (χ4n) is 6.72. The monoisotopic (exact) mass is 622 g/mol. The van der Waals surface area contributed by atoms with Crippen LogP contribution in [0.5, 0.6) is 0 Å². The van der Waals surface area contributed by atoms with Gasteiger partial charge in [-0.3, -0.25) is 14.1 Å². The van der Waals surface area contributed by atoms with Gasteiger partial charge < -0.3 is 19.7 Å². The molecule has 1 amide bonds. The molecule has 5 rings (SSSR count). The quantitative estimate of drug-likeness (QED) is 0.196. The number of rotatable bonds is 14. The summed E-state index contributed by atoms with van der Waals surface area (Å²) in [6, 6.07) is 8.67. The molecular formula is C32H45F3N4O3S. The minimum atomic E-state index is -4.08. The second kappa shape index (κ2) is 14.8. The van der Waals surface area contributed by atoms with Gasteiger partial charge in [0.05, 0.1) is 6.61 Å². The Bertz CT molecular complexity index is 1230. The number of hydrogen-bond acceptors (Lipinski definition) is 6. The predicted molar refractivity (Wildman–Crippen MR) is 165 cm³/mol. The fraction of sp³-hybridized carbons (Fsp3) is 0.688. The molecule has 2 N–H and O–H groups in total. The number of alkyl halides is 3. The van der Waals surface area contributed by atoms with Crippen LogP contribution < -0.4 is 5.32 Å². The fourth-order valence-corrected chi connectivity index (χ4v) is 7.73. The van der Waals surface area contributed by atoms with E-state index in [1.807, 2.05) is 11.9 Å². The molecule has 3 aliphatic rings. The molecule has 1 saturated carbocycles.